The minimum atomic E-state index is -4.48. The molecular formula is C13H14F3N3. The number of pyridine rings is 1. The van der Waals surface area contributed by atoms with Gasteiger partial charge in [0.25, 0.3) is 0 Å². The van der Waals surface area contributed by atoms with Crippen LogP contribution in [0.25, 0.3) is 0 Å². The number of nitrogens with zero attached hydrogens (tertiary/aromatic N) is 3. The largest absolute Gasteiger partial charge is 0.433 e. The molecule has 2 heterocycles. The molecule has 102 valence electrons. The molecule has 1 unspecified atom stereocenters. The van der Waals surface area contributed by atoms with Crippen LogP contribution in [-0.4, -0.2) is 17.6 Å². The first-order valence-corrected chi connectivity index (χ1v) is 6.18. The molecule has 0 N–H and O–H groups in total. The Hall–Kier alpha value is -1.77. The lowest BCUT2D eigenvalue weighted by molar-refractivity contribution is -0.141. The van der Waals surface area contributed by atoms with Gasteiger partial charge in [-0.25, -0.2) is 4.98 Å². The van der Waals surface area contributed by atoms with Crippen molar-refractivity contribution in [1.29, 1.82) is 5.26 Å². The van der Waals surface area contributed by atoms with Crippen molar-refractivity contribution >= 4 is 5.82 Å². The molecule has 1 aromatic rings. The van der Waals surface area contributed by atoms with Crippen LogP contribution in [0.15, 0.2) is 12.1 Å². The summed E-state index contributed by atoms with van der Waals surface area (Å²) in [5, 5.41) is 9.03. The van der Waals surface area contributed by atoms with Gasteiger partial charge in [0.05, 0.1) is 5.56 Å². The highest BCUT2D eigenvalue weighted by Gasteiger charge is 2.34. The van der Waals surface area contributed by atoms with Gasteiger partial charge in [-0.2, -0.15) is 18.4 Å². The molecule has 3 nitrogen and oxygen atoms in total. The van der Waals surface area contributed by atoms with Gasteiger partial charge >= 0.3 is 6.18 Å². The quantitative estimate of drug-likeness (QED) is 0.785. The van der Waals surface area contributed by atoms with Crippen molar-refractivity contribution in [3.8, 4) is 6.07 Å². The Morgan fingerprint density at radius 2 is 2.11 bits per heavy atom. The number of hydrogen-bond acceptors (Lipinski definition) is 3. The first-order chi connectivity index (χ1) is 8.93. The monoisotopic (exact) mass is 269 g/mol. The molecule has 0 aliphatic carbocycles. The molecule has 0 spiro atoms. The van der Waals surface area contributed by atoms with Gasteiger partial charge in [-0.3, -0.25) is 0 Å². The van der Waals surface area contributed by atoms with E-state index in [1.165, 1.54) is 6.07 Å². The summed E-state index contributed by atoms with van der Waals surface area (Å²) >= 11 is 0. The lowest BCUT2D eigenvalue weighted by Gasteiger charge is -2.35. The first kappa shape index (κ1) is 13.7. The number of piperidine rings is 1. The lowest BCUT2D eigenvalue weighted by atomic mass is 10.0. The third-order valence-electron chi connectivity index (χ3n) is 3.36. The second-order valence-electron chi connectivity index (χ2n) is 4.72. The van der Waals surface area contributed by atoms with Crippen molar-refractivity contribution in [3.63, 3.8) is 0 Å². The van der Waals surface area contributed by atoms with E-state index in [9.17, 15) is 13.2 Å². The number of anilines is 1. The number of alkyl halides is 3. The summed E-state index contributed by atoms with van der Waals surface area (Å²) in [4.78, 5) is 5.47. The average molecular weight is 269 g/mol. The fourth-order valence-electron chi connectivity index (χ4n) is 2.33. The first-order valence-electron chi connectivity index (χ1n) is 6.18. The Morgan fingerprint density at radius 3 is 2.68 bits per heavy atom. The second-order valence-corrected chi connectivity index (χ2v) is 4.72. The molecule has 0 aromatic carbocycles. The van der Waals surface area contributed by atoms with E-state index >= 15 is 0 Å². The molecule has 1 aromatic heterocycles. The molecule has 0 saturated carbocycles. The van der Waals surface area contributed by atoms with Crippen LogP contribution < -0.4 is 4.90 Å². The van der Waals surface area contributed by atoms with E-state index in [4.69, 9.17) is 5.26 Å². The van der Waals surface area contributed by atoms with Crippen molar-refractivity contribution in [2.24, 2.45) is 0 Å². The molecule has 2 rings (SSSR count). The van der Waals surface area contributed by atoms with E-state index in [1.54, 1.807) is 4.90 Å². The van der Waals surface area contributed by atoms with Gasteiger partial charge in [0.1, 0.15) is 17.6 Å². The van der Waals surface area contributed by atoms with Gasteiger partial charge in [0, 0.05) is 12.6 Å². The van der Waals surface area contributed by atoms with Crippen molar-refractivity contribution in [3.05, 3.63) is 23.4 Å². The number of hydrogen-bond donors (Lipinski definition) is 0. The van der Waals surface area contributed by atoms with Crippen LogP contribution in [0.5, 0.6) is 0 Å². The van der Waals surface area contributed by atoms with Crippen molar-refractivity contribution in [2.45, 2.75) is 38.4 Å². The van der Waals surface area contributed by atoms with Gasteiger partial charge in [-0.1, -0.05) is 0 Å². The van der Waals surface area contributed by atoms with E-state index in [0.717, 1.165) is 25.3 Å². The van der Waals surface area contributed by atoms with Crippen molar-refractivity contribution in [1.82, 2.24) is 4.98 Å². The summed E-state index contributed by atoms with van der Waals surface area (Å²) < 4.78 is 38.1. The van der Waals surface area contributed by atoms with Gasteiger partial charge < -0.3 is 4.90 Å². The molecule has 1 aliphatic rings. The average Bonchev–Trinajstić information content (AvgIpc) is 2.37. The predicted octanol–water partition coefficient (Wildman–Crippen LogP) is 3.35. The topological polar surface area (TPSA) is 39.9 Å². The van der Waals surface area contributed by atoms with Crippen LogP contribution in [0.2, 0.25) is 0 Å². The number of aromatic nitrogens is 1. The van der Waals surface area contributed by atoms with Crippen LogP contribution in [0, 0.1) is 11.3 Å². The van der Waals surface area contributed by atoms with E-state index in [2.05, 4.69) is 4.98 Å². The van der Waals surface area contributed by atoms with E-state index in [-0.39, 0.29) is 17.4 Å². The highest BCUT2D eigenvalue weighted by molar-refractivity contribution is 5.55. The predicted molar refractivity (Wildman–Crippen MR) is 64.6 cm³/mol. The zero-order valence-corrected chi connectivity index (χ0v) is 10.5. The molecule has 0 bridgehead atoms. The number of halogens is 3. The molecule has 19 heavy (non-hydrogen) atoms. The normalized spacial score (nSPS) is 20.2. The van der Waals surface area contributed by atoms with Gasteiger partial charge in [0.15, 0.2) is 0 Å². The summed E-state index contributed by atoms with van der Waals surface area (Å²) in [6.45, 7) is 2.59. The minimum Gasteiger partial charge on any atom is -0.353 e. The fourth-order valence-corrected chi connectivity index (χ4v) is 2.33. The molecular weight excluding hydrogens is 255 g/mol. The Kier molecular flexibility index (Phi) is 3.65. The fraction of sp³-hybridized carbons (Fsp3) is 0.538. The maximum atomic E-state index is 12.7. The maximum Gasteiger partial charge on any atom is 0.433 e. The summed E-state index contributed by atoms with van der Waals surface area (Å²) in [7, 11) is 0. The highest BCUT2D eigenvalue weighted by atomic mass is 19.4. The molecule has 0 amide bonds. The standard InChI is InChI=1S/C13H14F3N3/c1-9-4-2-3-7-19(9)12-10(8-17)5-6-11(18-12)13(14,15)16/h5-6,9H,2-4,7H2,1H3. The number of nitriles is 1. The van der Waals surface area contributed by atoms with Gasteiger partial charge in [0.2, 0.25) is 0 Å². The molecule has 0 radical (unpaired) electrons. The van der Waals surface area contributed by atoms with Crippen LogP contribution >= 0.6 is 0 Å². The van der Waals surface area contributed by atoms with E-state index in [1.807, 2.05) is 13.0 Å². The van der Waals surface area contributed by atoms with Gasteiger partial charge in [-0.05, 0) is 38.3 Å². The Morgan fingerprint density at radius 1 is 1.37 bits per heavy atom. The second kappa shape index (κ2) is 5.08. The molecule has 1 saturated heterocycles. The van der Waals surface area contributed by atoms with Crippen molar-refractivity contribution in [2.75, 3.05) is 11.4 Å². The third kappa shape index (κ3) is 2.80. The zero-order valence-electron chi connectivity index (χ0n) is 10.5. The maximum absolute atomic E-state index is 12.7. The van der Waals surface area contributed by atoms with Crippen LogP contribution in [0.4, 0.5) is 19.0 Å². The highest BCUT2D eigenvalue weighted by Crippen LogP contribution is 2.32. The summed E-state index contributed by atoms with van der Waals surface area (Å²) in [6.07, 6.45) is -1.61. The molecule has 1 fully saturated rings. The smallest absolute Gasteiger partial charge is 0.353 e. The molecule has 6 heteroatoms. The van der Waals surface area contributed by atoms with Crippen LogP contribution in [-0.2, 0) is 6.18 Å². The Bertz CT molecular complexity index is 505. The Labute approximate surface area is 109 Å². The summed E-state index contributed by atoms with van der Waals surface area (Å²) in [5.74, 6) is 0.157. The third-order valence-corrected chi connectivity index (χ3v) is 3.36. The van der Waals surface area contributed by atoms with Gasteiger partial charge in [-0.15, -0.1) is 0 Å². The minimum absolute atomic E-state index is 0.108. The molecule has 1 aliphatic heterocycles. The molecule has 1 atom stereocenters. The summed E-state index contributed by atoms with van der Waals surface area (Å²) in [5.41, 5.74) is -0.749. The van der Waals surface area contributed by atoms with Crippen LogP contribution in [0.1, 0.15) is 37.4 Å². The number of rotatable bonds is 1. The van der Waals surface area contributed by atoms with E-state index < -0.39 is 11.9 Å². The van der Waals surface area contributed by atoms with Crippen LogP contribution in [0.3, 0.4) is 0 Å². The lowest BCUT2D eigenvalue weighted by Crippen LogP contribution is -2.38. The summed E-state index contributed by atoms with van der Waals surface area (Å²) in [6, 6.07) is 4.09. The van der Waals surface area contributed by atoms with Crippen molar-refractivity contribution < 1.29 is 13.2 Å². The zero-order chi connectivity index (χ0) is 14.0. The SMILES string of the molecule is CC1CCCCN1c1nc(C(F)(F)F)ccc1C#N. The van der Waals surface area contributed by atoms with E-state index in [0.29, 0.717) is 6.54 Å². The Balaban J connectivity index is 2.44.